The van der Waals surface area contributed by atoms with E-state index in [1.165, 1.54) is 11.0 Å². The van der Waals surface area contributed by atoms with Gasteiger partial charge in [-0.2, -0.15) is 0 Å². The summed E-state index contributed by atoms with van der Waals surface area (Å²) in [5.74, 6) is -0.122. The quantitative estimate of drug-likeness (QED) is 0.399. The Hall–Kier alpha value is -0.470. The fourth-order valence-corrected chi connectivity index (χ4v) is 3.82. The summed E-state index contributed by atoms with van der Waals surface area (Å²) in [6, 6.07) is 3.09. The van der Waals surface area contributed by atoms with Gasteiger partial charge in [-0.3, -0.25) is 14.9 Å². The average Bonchev–Trinajstić information content (AvgIpc) is 2.56. The molecule has 1 amide bonds. The molecule has 0 saturated carbocycles. The Kier molecular flexibility index (Phi) is 4.08. The van der Waals surface area contributed by atoms with Gasteiger partial charge in [0.2, 0.25) is 5.91 Å². The van der Waals surface area contributed by atoms with Gasteiger partial charge in [-0.05, 0) is 22.0 Å². The van der Waals surface area contributed by atoms with Gasteiger partial charge in [-0.1, -0.05) is 31.9 Å². The highest BCUT2D eigenvalue weighted by Crippen LogP contribution is 2.41. The lowest BCUT2D eigenvalue weighted by Crippen LogP contribution is -2.25. The fourth-order valence-electron chi connectivity index (χ4n) is 1.84. The van der Waals surface area contributed by atoms with Crippen molar-refractivity contribution >= 4 is 65.1 Å². The maximum absolute atomic E-state index is 11.8. The van der Waals surface area contributed by atoms with E-state index >= 15 is 0 Å². The number of benzene rings is 1. The molecule has 1 aromatic rings. The lowest BCUT2D eigenvalue weighted by Gasteiger charge is -2.17. The summed E-state index contributed by atoms with van der Waals surface area (Å²) in [7, 11) is 0. The molecule has 0 bridgehead atoms. The van der Waals surface area contributed by atoms with Crippen molar-refractivity contribution in [2.45, 2.75) is 11.2 Å². The van der Waals surface area contributed by atoms with Crippen molar-refractivity contribution in [2.75, 3.05) is 11.4 Å². The molecule has 1 aliphatic rings. The van der Waals surface area contributed by atoms with E-state index in [0.29, 0.717) is 27.6 Å². The average molecular weight is 443 g/mol. The molecule has 96 valence electrons. The van der Waals surface area contributed by atoms with Crippen LogP contribution in [0.3, 0.4) is 0 Å². The van der Waals surface area contributed by atoms with Crippen LogP contribution in [0.5, 0.6) is 0 Å². The van der Waals surface area contributed by atoms with Gasteiger partial charge in [-0.15, -0.1) is 0 Å². The summed E-state index contributed by atoms with van der Waals surface area (Å²) < 4.78 is 1.12. The fraction of sp³-hybridized carbons (Fsp3) is 0.300. The Morgan fingerprint density at radius 3 is 2.56 bits per heavy atom. The summed E-state index contributed by atoms with van der Waals surface area (Å²) in [5.41, 5.74) is 0.223. The molecule has 0 aromatic heterocycles. The molecule has 2 rings (SSSR count). The first kappa shape index (κ1) is 14.0. The second-order valence-corrected chi connectivity index (χ2v) is 6.88. The third-order valence-electron chi connectivity index (χ3n) is 2.55. The third-order valence-corrected chi connectivity index (χ3v) is 4.23. The number of carbonyl (C=O) groups is 1. The van der Waals surface area contributed by atoms with Gasteiger partial charge in [0.1, 0.15) is 5.69 Å². The molecule has 1 unspecified atom stereocenters. The first-order valence-electron chi connectivity index (χ1n) is 4.98. The normalized spacial score (nSPS) is 19.4. The Morgan fingerprint density at radius 1 is 1.39 bits per heavy atom. The van der Waals surface area contributed by atoms with Crippen molar-refractivity contribution in [3.63, 3.8) is 0 Å². The van der Waals surface area contributed by atoms with Gasteiger partial charge in [0.05, 0.1) is 4.92 Å². The van der Waals surface area contributed by atoms with E-state index in [1.807, 2.05) is 0 Å². The van der Waals surface area contributed by atoms with Crippen LogP contribution < -0.4 is 4.90 Å². The molecule has 0 spiro atoms. The number of nitrogens with zero attached hydrogens (tertiary/aromatic N) is 2. The van der Waals surface area contributed by atoms with E-state index in [9.17, 15) is 14.9 Å². The number of halogens is 3. The van der Waals surface area contributed by atoms with Crippen molar-refractivity contribution in [1.82, 2.24) is 0 Å². The lowest BCUT2D eigenvalue weighted by molar-refractivity contribution is -0.384. The van der Waals surface area contributed by atoms with Crippen LogP contribution in [0.15, 0.2) is 21.1 Å². The van der Waals surface area contributed by atoms with Gasteiger partial charge >= 0.3 is 0 Å². The highest BCUT2D eigenvalue weighted by Gasteiger charge is 2.34. The number of amides is 1. The van der Waals surface area contributed by atoms with Gasteiger partial charge in [0.15, 0.2) is 0 Å². The van der Waals surface area contributed by atoms with Crippen LogP contribution in [-0.2, 0) is 4.79 Å². The second-order valence-electron chi connectivity index (χ2n) is 3.82. The number of anilines is 1. The van der Waals surface area contributed by atoms with Crippen LogP contribution in [0.4, 0.5) is 11.4 Å². The van der Waals surface area contributed by atoms with Gasteiger partial charge in [-0.25, -0.2) is 0 Å². The minimum absolute atomic E-state index is 0.0279. The first-order chi connectivity index (χ1) is 8.40. The van der Waals surface area contributed by atoms with E-state index in [0.717, 1.165) is 0 Å². The number of rotatable bonds is 2. The molecule has 1 aliphatic heterocycles. The molecule has 0 aliphatic carbocycles. The van der Waals surface area contributed by atoms with Crippen LogP contribution in [0.25, 0.3) is 0 Å². The van der Waals surface area contributed by atoms with Gasteiger partial charge in [0.25, 0.3) is 5.69 Å². The molecule has 1 heterocycles. The second kappa shape index (κ2) is 5.26. The number of nitro benzene ring substituents is 1. The van der Waals surface area contributed by atoms with Crippen molar-refractivity contribution in [3.8, 4) is 0 Å². The summed E-state index contributed by atoms with van der Waals surface area (Å²) in [4.78, 5) is 23.9. The van der Waals surface area contributed by atoms with Crippen LogP contribution in [0.2, 0.25) is 0 Å². The minimum atomic E-state index is -0.486. The van der Waals surface area contributed by atoms with E-state index in [4.69, 9.17) is 0 Å². The molecular formula is C10H7Br3N2O3. The Morgan fingerprint density at radius 2 is 2.06 bits per heavy atom. The zero-order valence-electron chi connectivity index (χ0n) is 8.90. The summed E-state index contributed by atoms with van der Waals surface area (Å²) in [5, 5.41) is 11.1. The van der Waals surface area contributed by atoms with Gasteiger partial charge in [0, 0.05) is 32.8 Å². The highest BCUT2D eigenvalue weighted by molar-refractivity contribution is 9.11. The highest BCUT2D eigenvalue weighted by atomic mass is 79.9. The molecule has 1 saturated heterocycles. The molecule has 18 heavy (non-hydrogen) atoms. The molecule has 8 heteroatoms. The minimum Gasteiger partial charge on any atom is -0.304 e. The largest absolute Gasteiger partial charge is 0.304 e. The predicted molar refractivity (Wildman–Crippen MR) is 78.2 cm³/mol. The monoisotopic (exact) mass is 440 g/mol. The lowest BCUT2D eigenvalue weighted by atomic mass is 10.2. The molecule has 5 nitrogen and oxygen atoms in total. The van der Waals surface area contributed by atoms with Crippen molar-refractivity contribution in [1.29, 1.82) is 0 Å². The van der Waals surface area contributed by atoms with Crippen molar-refractivity contribution in [3.05, 3.63) is 31.2 Å². The SMILES string of the molecule is O=C1CC(Br)CN1c1c(Br)cc(Br)cc1[N+](=O)[O-]. The molecule has 1 fully saturated rings. The molecule has 1 aromatic carbocycles. The predicted octanol–water partition coefficient (Wildman–Crippen LogP) is 3.62. The Bertz CT molecular complexity index is 535. The molecular weight excluding hydrogens is 436 g/mol. The number of carbonyl (C=O) groups excluding carboxylic acids is 1. The van der Waals surface area contributed by atoms with Crippen LogP contribution >= 0.6 is 47.8 Å². The maximum Gasteiger partial charge on any atom is 0.295 e. The van der Waals surface area contributed by atoms with Gasteiger partial charge < -0.3 is 4.90 Å². The van der Waals surface area contributed by atoms with Crippen molar-refractivity contribution in [2.24, 2.45) is 0 Å². The first-order valence-corrected chi connectivity index (χ1v) is 7.48. The van der Waals surface area contributed by atoms with E-state index < -0.39 is 4.92 Å². The topological polar surface area (TPSA) is 63.5 Å². The van der Waals surface area contributed by atoms with Crippen LogP contribution in [0, 0.1) is 10.1 Å². The zero-order valence-corrected chi connectivity index (χ0v) is 13.7. The third kappa shape index (κ3) is 2.60. The maximum atomic E-state index is 11.8. The summed E-state index contributed by atoms with van der Waals surface area (Å²) in [6.07, 6.45) is 0.347. The van der Waals surface area contributed by atoms with E-state index in [-0.39, 0.29) is 16.4 Å². The smallest absolute Gasteiger partial charge is 0.295 e. The van der Waals surface area contributed by atoms with Crippen molar-refractivity contribution < 1.29 is 9.72 Å². The number of nitro groups is 1. The molecule has 1 atom stereocenters. The van der Waals surface area contributed by atoms with E-state index in [2.05, 4.69) is 47.8 Å². The molecule has 0 radical (unpaired) electrons. The molecule has 0 N–H and O–H groups in total. The van der Waals surface area contributed by atoms with Crippen LogP contribution in [0.1, 0.15) is 6.42 Å². The van der Waals surface area contributed by atoms with E-state index in [1.54, 1.807) is 6.07 Å². The number of hydrogen-bond acceptors (Lipinski definition) is 3. The Balaban J connectivity index is 2.56. The number of alkyl halides is 1. The Labute approximate surface area is 128 Å². The summed E-state index contributed by atoms with van der Waals surface area (Å²) >= 11 is 9.84. The zero-order chi connectivity index (χ0) is 13.4. The standard InChI is InChI=1S/C10H7Br3N2O3/c11-5-1-7(13)10(8(2-5)15(17)18)14-4-6(12)3-9(14)16/h1-2,6H,3-4H2. The summed E-state index contributed by atoms with van der Waals surface area (Å²) in [6.45, 7) is 0.430. The number of hydrogen-bond donors (Lipinski definition) is 0. The van der Waals surface area contributed by atoms with Crippen LogP contribution in [-0.4, -0.2) is 22.2 Å².